The molecule has 53 heavy (non-hydrogen) atoms. The molecular formula is C38H47F5N2O7S. The van der Waals surface area contributed by atoms with Crippen molar-refractivity contribution in [1.82, 2.24) is 9.80 Å². The molecule has 2 aliphatic heterocycles. The quantitative estimate of drug-likeness (QED) is 0.156. The molecule has 9 nitrogen and oxygen atoms in total. The van der Waals surface area contributed by atoms with E-state index in [1.807, 2.05) is 0 Å². The molecule has 0 aromatic heterocycles. The number of fused-ring (bicyclic) bond motifs is 2. The number of rotatable bonds is 9. The van der Waals surface area contributed by atoms with E-state index in [2.05, 4.69) is 14.0 Å². The predicted octanol–water partition coefficient (Wildman–Crippen LogP) is 7.78. The first kappa shape index (κ1) is 38.1. The maximum atomic E-state index is 14.2. The van der Waals surface area contributed by atoms with Gasteiger partial charge in [0.1, 0.15) is 19.0 Å². The highest BCUT2D eigenvalue weighted by Crippen LogP contribution is 2.43. The van der Waals surface area contributed by atoms with Crippen molar-refractivity contribution < 1.29 is 53.9 Å². The smallest absolute Gasteiger partial charge is 0.489 e. The van der Waals surface area contributed by atoms with Crippen molar-refractivity contribution >= 4 is 16.1 Å². The zero-order valence-corrected chi connectivity index (χ0v) is 30.4. The summed E-state index contributed by atoms with van der Waals surface area (Å²) in [6.45, 7) is 0.673. The van der Waals surface area contributed by atoms with Crippen molar-refractivity contribution in [2.45, 2.75) is 144 Å². The van der Waals surface area contributed by atoms with Gasteiger partial charge < -0.3 is 18.8 Å². The molecule has 0 amide bonds. The summed E-state index contributed by atoms with van der Waals surface area (Å²) in [6.07, 6.45) is 17.0. The lowest BCUT2D eigenvalue weighted by molar-refractivity contribution is -0.0500. The Morgan fingerprint density at radius 1 is 0.660 bits per heavy atom. The number of hydrogen-bond acceptors (Lipinski definition) is 8. The molecule has 0 bridgehead atoms. The van der Waals surface area contributed by atoms with Crippen LogP contribution in [0.3, 0.4) is 0 Å². The Bertz CT molecular complexity index is 1760. The highest BCUT2D eigenvalue weighted by molar-refractivity contribution is 7.88. The molecule has 0 radical (unpaired) electrons. The average Bonchev–Trinajstić information content (AvgIpc) is 3.81. The number of nitrogens with zero attached hydrogens (tertiary/aromatic N) is 2. The van der Waals surface area contributed by atoms with E-state index in [0.29, 0.717) is 42.8 Å². The molecule has 15 heteroatoms. The first-order valence-corrected chi connectivity index (χ1v) is 20.4. The maximum Gasteiger partial charge on any atom is 0.534 e. The van der Waals surface area contributed by atoms with Crippen LogP contribution in [0, 0.1) is 11.6 Å². The number of alkyl halides is 3. The van der Waals surface area contributed by atoms with E-state index in [1.165, 1.54) is 57.1 Å². The van der Waals surface area contributed by atoms with Gasteiger partial charge in [0, 0.05) is 47.4 Å². The minimum absolute atomic E-state index is 0.0383. The molecule has 1 N–H and O–H groups in total. The monoisotopic (exact) mass is 770 g/mol. The van der Waals surface area contributed by atoms with E-state index in [1.54, 1.807) is 0 Å². The number of benzene rings is 2. The third-order valence-corrected chi connectivity index (χ3v) is 13.1. The van der Waals surface area contributed by atoms with Crippen molar-refractivity contribution in [2.24, 2.45) is 0 Å². The molecule has 8 rings (SSSR count). The zero-order valence-electron chi connectivity index (χ0n) is 29.6. The minimum atomic E-state index is -5.85. The Morgan fingerprint density at radius 3 is 1.49 bits per heavy atom. The van der Waals surface area contributed by atoms with E-state index >= 15 is 0 Å². The molecular weight excluding hydrogens is 723 g/mol. The topological polar surface area (TPSA) is 106 Å². The molecule has 4 aliphatic carbocycles. The van der Waals surface area contributed by atoms with Crippen LogP contribution in [-0.4, -0.2) is 84.3 Å². The zero-order chi connectivity index (χ0) is 37.5. The number of carbonyl (C=O) groups is 1. The number of ether oxygens (including phenoxy) is 2. The largest absolute Gasteiger partial charge is 0.534 e. The van der Waals surface area contributed by atoms with Gasteiger partial charge in [0.05, 0.1) is 5.56 Å². The average molecular weight is 771 g/mol. The van der Waals surface area contributed by atoms with E-state index in [9.17, 15) is 40.3 Å². The Balaban J connectivity index is 0.000000167. The van der Waals surface area contributed by atoms with Gasteiger partial charge in [-0.3, -0.25) is 9.80 Å². The third kappa shape index (κ3) is 7.85. The van der Waals surface area contributed by atoms with Gasteiger partial charge in [0.25, 0.3) is 0 Å². The summed E-state index contributed by atoms with van der Waals surface area (Å²) in [5.41, 5.74) is -4.82. The fraction of sp³-hybridized carbons (Fsp3) is 0.658. The fourth-order valence-electron chi connectivity index (χ4n) is 9.23. The second kappa shape index (κ2) is 15.5. The van der Waals surface area contributed by atoms with Crippen LogP contribution in [0.15, 0.2) is 24.3 Å². The van der Waals surface area contributed by atoms with Crippen molar-refractivity contribution in [3.8, 4) is 17.2 Å². The van der Waals surface area contributed by atoms with Gasteiger partial charge in [-0.2, -0.15) is 21.6 Å². The molecule has 292 valence electrons. The number of hydrogen-bond donors (Lipinski definition) is 1. The minimum Gasteiger partial charge on any atom is -0.489 e. The Labute approximate surface area is 306 Å². The van der Waals surface area contributed by atoms with Crippen LogP contribution >= 0.6 is 0 Å². The third-order valence-electron chi connectivity index (χ3n) is 12.1. The summed E-state index contributed by atoms with van der Waals surface area (Å²) in [6, 6.07) is 6.26. The first-order valence-electron chi connectivity index (χ1n) is 19.0. The molecule has 2 atom stereocenters. The summed E-state index contributed by atoms with van der Waals surface area (Å²) >= 11 is 0. The number of carboxylic acid groups (broad SMARTS) is 1. The van der Waals surface area contributed by atoms with Crippen LogP contribution in [0.5, 0.6) is 17.2 Å². The summed E-state index contributed by atoms with van der Waals surface area (Å²) < 4.78 is 105. The lowest BCUT2D eigenvalue weighted by Crippen LogP contribution is -2.55. The molecule has 0 unspecified atom stereocenters. The summed E-state index contributed by atoms with van der Waals surface area (Å²) in [5, 5.41) is 9.44. The summed E-state index contributed by atoms with van der Waals surface area (Å²) in [4.78, 5) is 16.5. The molecule has 2 heterocycles. The lowest BCUT2D eigenvalue weighted by Gasteiger charge is -2.47. The van der Waals surface area contributed by atoms with E-state index in [4.69, 9.17) is 9.47 Å². The number of carboxylic acids is 1. The maximum absolute atomic E-state index is 14.2. The standard InChI is InChI=1S/C19H23F4NO4S.C19H24FNO3/c20-16-8-9-17(28-29(25,26)19(21,22)23)15-10-14(11-27-18(15)16)24(13-6-3-7-13)12-4-1-2-5-12;20-17-9-8-15(19(22)23)16-10-14(11-24-18(16)17)21(13-6-3-7-13)12-4-1-2-5-12/h8-9,12-14H,1-7,10-11H2;8-9,12-14H,1-7,10-11H2,(H,22,23)/t2*14-/m11/s1. The molecule has 2 aromatic rings. The van der Waals surface area contributed by atoms with Crippen LogP contribution in [-0.2, 0) is 23.0 Å². The molecule has 2 aromatic carbocycles. The fourth-order valence-corrected chi connectivity index (χ4v) is 9.71. The van der Waals surface area contributed by atoms with Gasteiger partial charge in [-0.15, -0.1) is 0 Å². The van der Waals surface area contributed by atoms with Crippen molar-refractivity contribution in [3.63, 3.8) is 0 Å². The molecule has 4 fully saturated rings. The van der Waals surface area contributed by atoms with Gasteiger partial charge in [-0.05, 0) is 88.5 Å². The molecule has 6 aliphatic rings. The second-order valence-electron chi connectivity index (χ2n) is 15.3. The predicted molar refractivity (Wildman–Crippen MR) is 185 cm³/mol. The van der Waals surface area contributed by atoms with E-state index < -0.39 is 39.0 Å². The van der Waals surface area contributed by atoms with Crippen LogP contribution < -0.4 is 13.7 Å². The highest BCUT2D eigenvalue weighted by atomic mass is 32.2. The highest BCUT2D eigenvalue weighted by Gasteiger charge is 2.49. The van der Waals surface area contributed by atoms with Crippen LogP contribution in [0.1, 0.15) is 111 Å². The molecule has 0 saturated heterocycles. The molecule has 0 spiro atoms. The summed E-state index contributed by atoms with van der Waals surface area (Å²) in [5.74, 6) is -2.81. The number of aromatic carboxylic acids is 1. The van der Waals surface area contributed by atoms with Crippen molar-refractivity contribution in [3.05, 3.63) is 52.6 Å². The number of halogens is 5. The Morgan fingerprint density at radius 2 is 1.08 bits per heavy atom. The summed E-state index contributed by atoms with van der Waals surface area (Å²) in [7, 11) is -5.85. The van der Waals surface area contributed by atoms with Crippen LogP contribution in [0.25, 0.3) is 0 Å². The first-order chi connectivity index (χ1) is 25.3. The second-order valence-corrected chi connectivity index (χ2v) is 16.9. The molecule has 4 saturated carbocycles. The van der Waals surface area contributed by atoms with Gasteiger partial charge in [-0.1, -0.05) is 38.5 Å². The van der Waals surface area contributed by atoms with Gasteiger partial charge >= 0.3 is 21.6 Å². The van der Waals surface area contributed by atoms with E-state index in [-0.39, 0.29) is 47.7 Å². The van der Waals surface area contributed by atoms with E-state index in [0.717, 1.165) is 57.1 Å². The van der Waals surface area contributed by atoms with Crippen LogP contribution in [0.2, 0.25) is 0 Å². The normalized spacial score (nSPS) is 24.0. The lowest BCUT2D eigenvalue weighted by atomic mass is 9.86. The van der Waals surface area contributed by atoms with Crippen molar-refractivity contribution in [2.75, 3.05) is 13.2 Å². The van der Waals surface area contributed by atoms with Gasteiger partial charge in [0.15, 0.2) is 23.1 Å². The van der Waals surface area contributed by atoms with Gasteiger partial charge in [-0.25, -0.2) is 13.6 Å². The van der Waals surface area contributed by atoms with Crippen molar-refractivity contribution in [1.29, 1.82) is 0 Å². The van der Waals surface area contributed by atoms with Gasteiger partial charge in [0.2, 0.25) is 0 Å². The SMILES string of the molecule is O=C(O)c1ccc(F)c2c1C[C@@H](N(C1CCCC1)C1CCC1)CO2.O=S(=O)(Oc1ccc(F)c2c1C[C@@H](N(C1CCCC1)C1CCC1)CO2)C(F)(F)F. The Kier molecular flexibility index (Phi) is 11.2. The van der Waals surface area contributed by atoms with Crippen LogP contribution in [0.4, 0.5) is 22.0 Å². The Hall–Kier alpha value is -3.17.